The Balaban J connectivity index is 3.18. The van der Waals surface area contributed by atoms with Crippen LogP contribution in [0.15, 0.2) is 16.6 Å². The molecule has 92 valence electrons. The van der Waals surface area contributed by atoms with E-state index in [1.54, 1.807) is 0 Å². The van der Waals surface area contributed by atoms with Gasteiger partial charge in [0.05, 0.1) is 12.8 Å². The van der Waals surface area contributed by atoms with Crippen molar-refractivity contribution in [3.05, 3.63) is 22.2 Å². The maximum absolute atomic E-state index is 11.4. The molecule has 0 unspecified atom stereocenters. The lowest BCUT2D eigenvalue weighted by atomic mass is 10.1. The topological polar surface area (TPSA) is 75.6 Å². The van der Waals surface area contributed by atoms with Crippen LogP contribution in [0.5, 0.6) is 5.75 Å². The van der Waals surface area contributed by atoms with Gasteiger partial charge in [-0.1, -0.05) is 15.9 Å². The van der Waals surface area contributed by atoms with E-state index in [1.807, 2.05) is 0 Å². The summed E-state index contributed by atoms with van der Waals surface area (Å²) in [6.07, 6.45) is 0. The molecule has 17 heavy (non-hydrogen) atoms. The molecule has 7 heteroatoms. The molecule has 0 aliphatic heterocycles. The Morgan fingerprint density at radius 3 is 2.71 bits per heavy atom. The normalized spacial score (nSPS) is 9.82. The third-order valence-corrected chi connectivity index (χ3v) is 2.58. The smallest absolute Gasteiger partial charge is 0.341 e. The number of anilines is 1. The fourth-order valence-electron chi connectivity index (χ4n) is 1.14. The summed E-state index contributed by atoms with van der Waals surface area (Å²) in [5.74, 6) is -1.81. The number of halogens is 2. The molecule has 0 aromatic heterocycles. The van der Waals surface area contributed by atoms with E-state index in [2.05, 4.69) is 26.0 Å². The number of carbonyl (C=O) groups excluding carboxylic acids is 2. The predicted molar refractivity (Wildman–Crippen MR) is 66.5 cm³/mol. The Hall–Kier alpha value is -1.27. The van der Waals surface area contributed by atoms with Crippen LogP contribution in [0, 0.1) is 0 Å². The number of benzene rings is 1. The molecule has 0 heterocycles. The number of aromatic hydroxyl groups is 1. The maximum Gasteiger partial charge on any atom is 0.341 e. The largest absolute Gasteiger partial charge is 0.505 e. The van der Waals surface area contributed by atoms with Gasteiger partial charge in [0.15, 0.2) is 5.75 Å². The number of hydrogen-bond donors (Lipinski definition) is 2. The van der Waals surface area contributed by atoms with Gasteiger partial charge < -0.3 is 15.2 Å². The van der Waals surface area contributed by atoms with Crippen LogP contribution < -0.4 is 5.32 Å². The first-order valence-corrected chi connectivity index (χ1v) is 5.79. The number of rotatable bonds is 3. The molecule has 0 atom stereocenters. The first-order valence-electron chi connectivity index (χ1n) is 4.46. The first kappa shape index (κ1) is 13.8. The van der Waals surface area contributed by atoms with Gasteiger partial charge in [0.1, 0.15) is 11.4 Å². The molecule has 1 rings (SSSR count). The molecule has 0 bridgehead atoms. The molecule has 5 nitrogen and oxygen atoms in total. The van der Waals surface area contributed by atoms with Gasteiger partial charge in [-0.15, -0.1) is 11.6 Å². The molecular weight excluding hydrogens is 313 g/mol. The molecule has 0 saturated heterocycles. The molecule has 0 aliphatic rings. The average molecular weight is 323 g/mol. The minimum Gasteiger partial charge on any atom is -0.505 e. The summed E-state index contributed by atoms with van der Waals surface area (Å²) in [5, 5.41) is 12.1. The van der Waals surface area contributed by atoms with Gasteiger partial charge in [-0.05, 0) is 12.1 Å². The standard InChI is InChI=1S/C10H9BrClNO4/c1-17-10(16)6-2-5(11)3-7(9(6)15)13-8(14)4-12/h2-3,15H,4H2,1H3,(H,13,14). The van der Waals surface area contributed by atoms with Crippen molar-refractivity contribution in [3.63, 3.8) is 0 Å². The second-order valence-corrected chi connectivity index (χ2v) is 4.21. The van der Waals surface area contributed by atoms with E-state index < -0.39 is 11.9 Å². The lowest BCUT2D eigenvalue weighted by Gasteiger charge is -2.10. The summed E-state index contributed by atoms with van der Waals surface area (Å²) < 4.78 is 5.01. The van der Waals surface area contributed by atoms with Gasteiger partial charge in [-0.3, -0.25) is 4.79 Å². The number of methoxy groups -OCH3 is 1. The van der Waals surface area contributed by atoms with Crippen molar-refractivity contribution < 1.29 is 19.4 Å². The summed E-state index contributed by atoms with van der Waals surface area (Å²) in [4.78, 5) is 22.5. The molecule has 2 N–H and O–H groups in total. The van der Waals surface area contributed by atoms with Gasteiger partial charge in [0, 0.05) is 4.47 Å². The van der Waals surface area contributed by atoms with Crippen LogP contribution in [0.4, 0.5) is 5.69 Å². The van der Waals surface area contributed by atoms with Crippen molar-refractivity contribution in [2.24, 2.45) is 0 Å². The zero-order valence-electron chi connectivity index (χ0n) is 8.79. The number of alkyl halides is 1. The second-order valence-electron chi connectivity index (χ2n) is 3.02. The van der Waals surface area contributed by atoms with Crippen LogP contribution in [0.2, 0.25) is 0 Å². The Kier molecular flexibility index (Phi) is 4.77. The van der Waals surface area contributed by atoms with Crippen LogP contribution in [-0.2, 0) is 9.53 Å². The molecule has 1 amide bonds. The summed E-state index contributed by atoms with van der Waals surface area (Å²) in [7, 11) is 1.19. The molecule has 0 aliphatic carbocycles. The Labute approximate surface area is 111 Å². The minimum absolute atomic E-state index is 0.0493. The number of carbonyl (C=O) groups is 2. The van der Waals surface area contributed by atoms with Gasteiger partial charge in [0.2, 0.25) is 5.91 Å². The first-order chi connectivity index (χ1) is 7.99. The molecular formula is C10H9BrClNO4. The van der Waals surface area contributed by atoms with Crippen molar-refractivity contribution >= 4 is 45.1 Å². The number of phenols is 1. The number of hydrogen-bond acceptors (Lipinski definition) is 4. The Morgan fingerprint density at radius 2 is 2.18 bits per heavy atom. The van der Waals surface area contributed by atoms with Gasteiger partial charge in [0.25, 0.3) is 0 Å². The summed E-state index contributed by atoms with van der Waals surface area (Å²) >= 11 is 8.48. The van der Waals surface area contributed by atoms with Crippen molar-refractivity contribution in [3.8, 4) is 5.75 Å². The SMILES string of the molecule is COC(=O)c1cc(Br)cc(NC(=O)CCl)c1O. The lowest BCUT2D eigenvalue weighted by molar-refractivity contribution is -0.113. The summed E-state index contributed by atoms with van der Waals surface area (Å²) in [5.41, 5.74) is 0.0390. The van der Waals surface area contributed by atoms with Crippen LogP contribution in [0.3, 0.4) is 0 Å². The van der Waals surface area contributed by atoms with E-state index in [4.69, 9.17) is 11.6 Å². The van der Waals surface area contributed by atoms with Crippen molar-refractivity contribution in [2.75, 3.05) is 18.3 Å². The molecule has 1 aromatic rings. The van der Waals surface area contributed by atoms with E-state index in [1.165, 1.54) is 19.2 Å². The van der Waals surface area contributed by atoms with Crippen molar-refractivity contribution in [1.29, 1.82) is 0 Å². The summed E-state index contributed by atoms with van der Waals surface area (Å²) in [6, 6.07) is 2.84. The zero-order valence-corrected chi connectivity index (χ0v) is 11.1. The van der Waals surface area contributed by atoms with Crippen molar-refractivity contribution in [1.82, 2.24) is 0 Å². The molecule has 0 saturated carbocycles. The highest BCUT2D eigenvalue weighted by atomic mass is 79.9. The van der Waals surface area contributed by atoms with E-state index >= 15 is 0 Å². The molecule has 0 fully saturated rings. The van der Waals surface area contributed by atoms with Crippen LogP contribution in [0.25, 0.3) is 0 Å². The molecule has 1 aromatic carbocycles. The Morgan fingerprint density at radius 1 is 1.53 bits per heavy atom. The van der Waals surface area contributed by atoms with Crippen LogP contribution in [0.1, 0.15) is 10.4 Å². The molecule has 0 spiro atoms. The molecule has 0 radical (unpaired) electrons. The van der Waals surface area contributed by atoms with E-state index in [-0.39, 0.29) is 22.9 Å². The van der Waals surface area contributed by atoms with Gasteiger partial charge in [-0.2, -0.15) is 0 Å². The number of nitrogens with one attached hydrogen (secondary N) is 1. The van der Waals surface area contributed by atoms with Crippen LogP contribution >= 0.6 is 27.5 Å². The average Bonchev–Trinajstić information content (AvgIpc) is 2.32. The summed E-state index contributed by atoms with van der Waals surface area (Å²) in [6.45, 7) is 0. The number of phenolic OH excluding ortho intramolecular Hbond substituents is 1. The quantitative estimate of drug-likeness (QED) is 0.508. The Bertz CT molecular complexity index is 464. The number of ether oxygens (including phenoxy) is 1. The van der Waals surface area contributed by atoms with Gasteiger partial charge in [-0.25, -0.2) is 4.79 Å². The fourth-order valence-corrected chi connectivity index (χ4v) is 1.67. The van der Waals surface area contributed by atoms with E-state index in [0.717, 1.165) is 0 Å². The second kappa shape index (κ2) is 5.88. The lowest BCUT2D eigenvalue weighted by Crippen LogP contribution is -2.13. The number of esters is 1. The predicted octanol–water partition coefficient (Wildman–Crippen LogP) is 2.12. The van der Waals surface area contributed by atoms with Crippen molar-refractivity contribution in [2.45, 2.75) is 0 Å². The highest BCUT2D eigenvalue weighted by Gasteiger charge is 2.17. The van der Waals surface area contributed by atoms with E-state index in [9.17, 15) is 14.7 Å². The number of amides is 1. The highest BCUT2D eigenvalue weighted by Crippen LogP contribution is 2.32. The monoisotopic (exact) mass is 321 g/mol. The third kappa shape index (κ3) is 3.34. The van der Waals surface area contributed by atoms with E-state index in [0.29, 0.717) is 4.47 Å². The zero-order chi connectivity index (χ0) is 13.0. The highest BCUT2D eigenvalue weighted by molar-refractivity contribution is 9.10. The van der Waals surface area contributed by atoms with Crippen LogP contribution in [-0.4, -0.2) is 30.0 Å². The minimum atomic E-state index is -0.704. The maximum atomic E-state index is 11.4. The van der Waals surface area contributed by atoms with Gasteiger partial charge >= 0.3 is 5.97 Å². The fraction of sp³-hybridized carbons (Fsp3) is 0.200. The third-order valence-electron chi connectivity index (χ3n) is 1.88.